The van der Waals surface area contributed by atoms with Gasteiger partial charge in [0.1, 0.15) is 5.69 Å². The first kappa shape index (κ1) is 14.4. The highest BCUT2D eigenvalue weighted by Gasteiger charge is 2.13. The summed E-state index contributed by atoms with van der Waals surface area (Å²) < 4.78 is 14.0. The van der Waals surface area contributed by atoms with Gasteiger partial charge in [0.2, 0.25) is 0 Å². The Labute approximate surface area is 138 Å². The van der Waals surface area contributed by atoms with Crippen LogP contribution < -0.4 is 5.32 Å². The van der Waals surface area contributed by atoms with Crippen molar-refractivity contribution in [2.24, 2.45) is 4.99 Å². The molecule has 118 valence electrons. The van der Waals surface area contributed by atoms with Crippen LogP contribution in [0.2, 0.25) is 0 Å². The van der Waals surface area contributed by atoms with Gasteiger partial charge in [-0.1, -0.05) is 0 Å². The normalized spacial score (nSPS) is 12.2. The Hall–Kier alpha value is -3.15. The fourth-order valence-corrected chi connectivity index (χ4v) is 2.64. The SMILES string of the molecule is Cc1ccc(F)c(-c2cc(Nc3ccnc4c3CN=C4)ccn2)n1. The van der Waals surface area contributed by atoms with E-state index in [-0.39, 0.29) is 11.5 Å². The van der Waals surface area contributed by atoms with Crippen molar-refractivity contribution in [3.8, 4) is 11.4 Å². The zero-order chi connectivity index (χ0) is 16.5. The highest BCUT2D eigenvalue weighted by Crippen LogP contribution is 2.27. The Balaban J connectivity index is 1.69. The van der Waals surface area contributed by atoms with Crippen molar-refractivity contribution >= 4 is 17.6 Å². The summed E-state index contributed by atoms with van der Waals surface area (Å²) in [5.41, 5.74) is 5.16. The monoisotopic (exact) mass is 319 g/mol. The number of fused-ring (bicyclic) bond motifs is 1. The van der Waals surface area contributed by atoms with Gasteiger partial charge in [-0.05, 0) is 37.3 Å². The minimum absolute atomic E-state index is 0.252. The molecule has 3 aromatic heterocycles. The largest absolute Gasteiger partial charge is 0.355 e. The molecule has 0 spiro atoms. The number of pyridine rings is 3. The molecule has 0 radical (unpaired) electrons. The van der Waals surface area contributed by atoms with E-state index in [0.29, 0.717) is 12.2 Å². The average Bonchev–Trinajstić information content (AvgIpc) is 3.07. The van der Waals surface area contributed by atoms with Crippen molar-refractivity contribution in [3.63, 3.8) is 0 Å². The summed E-state index contributed by atoms with van der Waals surface area (Å²) in [4.78, 5) is 17.0. The molecule has 0 fully saturated rings. The maximum atomic E-state index is 14.0. The molecule has 0 aromatic carbocycles. The lowest BCUT2D eigenvalue weighted by Gasteiger charge is -2.11. The Morgan fingerprint density at radius 2 is 1.96 bits per heavy atom. The fraction of sp³-hybridized carbons (Fsp3) is 0.111. The van der Waals surface area contributed by atoms with E-state index in [9.17, 15) is 4.39 Å². The fourth-order valence-electron chi connectivity index (χ4n) is 2.64. The Morgan fingerprint density at radius 1 is 1.08 bits per heavy atom. The van der Waals surface area contributed by atoms with Crippen molar-refractivity contribution in [1.29, 1.82) is 0 Å². The molecule has 0 atom stereocenters. The summed E-state index contributed by atoms with van der Waals surface area (Å²) in [6.45, 7) is 2.43. The van der Waals surface area contributed by atoms with Crippen LogP contribution in [0.5, 0.6) is 0 Å². The molecule has 0 unspecified atom stereocenters. The quantitative estimate of drug-likeness (QED) is 0.800. The van der Waals surface area contributed by atoms with Crippen LogP contribution in [0.15, 0.2) is 47.7 Å². The van der Waals surface area contributed by atoms with Crippen molar-refractivity contribution < 1.29 is 4.39 Å². The highest BCUT2D eigenvalue weighted by molar-refractivity contribution is 5.85. The first-order valence-electron chi connectivity index (χ1n) is 7.55. The number of hydrogen-bond acceptors (Lipinski definition) is 5. The standard InChI is InChI=1S/C18H14FN5/c1-11-2-3-14(19)18(23-11)16-8-12(4-6-21-16)24-15-5-7-22-17-10-20-9-13(15)17/h2-8,10H,9H2,1H3,(H,21,22,24). The first-order valence-corrected chi connectivity index (χ1v) is 7.55. The van der Waals surface area contributed by atoms with E-state index in [1.54, 1.807) is 30.7 Å². The Kier molecular flexibility index (Phi) is 3.49. The van der Waals surface area contributed by atoms with Gasteiger partial charge >= 0.3 is 0 Å². The minimum atomic E-state index is -0.386. The molecule has 0 bridgehead atoms. The number of rotatable bonds is 3. The van der Waals surface area contributed by atoms with Crippen LogP contribution in [-0.4, -0.2) is 21.2 Å². The van der Waals surface area contributed by atoms with E-state index in [1.165, 1.54) is 6.07 Å². The van der Waals surface area contributed by atoms with Crippen molar-refractivity contribution in [1.82, 2.24) is 15.0 Å². The molecule has 1 aliphatic heterocycles. The van der Waals surface area contributed by atoms with Crippen LogP contribution in [0.1, 0.15) is 17.0 Å². The number of aliphatic imine (C=N–C) groups is 1. The van der Waals surface area contributed by atoms with E-state index in [2.05, 4.69) is 25.3 Å². The van der Waals surface area contributed by atoms with Crippen LogP contribution in [0.25, 0.3) is 11.4 Å². The van der Waals surface area contributed by atoms with Crippen LogP contribution in [0.3, 0.4) is 0 Å². The number of aryl methyl sites for hydroxylation is 1. The summed E-state index contributed by atoms with van der Waals surface area (Å²) in [6.07, 6.45) is 5.14. The third-order valence-electron chi connectivity index (χ3n) is 3.82. The molecule has 24 heavy (non-hydrogen) atoms. The maximum Gasteiger partial charge on any atom is 0.151 e. The number of anilines is 2. The Morgan fingerprint density at radius 3 is 2.88 bits per heavy atom. The van der Waals surface area contributed by atoms with E-state index in [0.717, 1.165) is 28.3 Å². The highest BCUT2D eigenvalue weighted by atomic mass is 19.1. The molecule has 0 aliphatic carbocycles. The first-order chi connectivity index (χ1) is 11.7. The lowest BCUT2D eigenvalue weighted by atomic mass is 10.1. The second-order valence-corrected chi connectivity index (χ2v) is 5.53. The minimum Gasteiger partial charge on any atom is -0.355 e. The van der Waals surface area contributed by atoms with Crippen LogP contribution in [0.4, 0.5) is 15.8 Å². The number of nitrogens with one attached hydrogen (secondary N) is 1. The lowest BCUT2D eigenvalue weighted by Crippen LogP contribution is -2.00. The molecular formula is C18H14FN5. The maximum absolute atomic E-state index is 14.0. The van der Waals surface area contributed by atoms with E-state index in [4.69, 9.17) is 0 Å². The van der Waals surface area contributed by atoms with Gasteiger partial charge in [-0.3, -0.25) is 15.0 Å². The second-order valence-electron chi connectivity index (χ2n) is 5.53. The van der Waals surface area contributed by atoms with Crippen molar-refractivity contribution in [2.45, 2.75) is 13.5 Å². The molecule has 0 saturated heterocycles. The van der Waals surface area contributed by atoms with Gasteiger partial charge in [0.05, 0.1) is 17.9 Å². The average molecular weight is 319 g/mol. The number of nitrogens with zero attached hydrogens (tertiary/aromatic N) is 4. The molecule has 0 saturated carbocycles. The van der Waals surface area contributed by atoms with Gasteiger partial charge in [-0.25, -0.2) is 9.37 Å². The molecule has 1 aliphatic rings. The molecule has 6 heteroatoms. The van der Waals surface area contributed by atoms with Gasteiger partial charge in [0, 0.05) is 41.2 Å². The molecule has 3 aromatic rings. The van der Waals surface area contributed by atoms with Gasteiger partial charge in [-0.15, -0.1) is 0 Å². The predicted octanol–water partition coefficient (Wildman–Crippen LogP) is 3.66. The summed E-state index contributed by atoms with van der Waals surface area (Å²) in [5.74, 6) is -0.386. The van der Waals surface area contributed by atoms with Crippen molar-refractivity contribution in [3.05, 3.63) is 65.5 Å². The Bertz CT molecular complexity index is 952. The topological polar surface area (TPSA) is 63.1 Å². The lowest BCUT2D eigenvalue weighted by molar-refractivity contribution is 0.624. The summed E-state index contributed by atoms with van der Waals surface area (Å²) >= 11 is 0. The third kappa shape index (κ3) is 2.62. The van der Waals surface area contributed by atoms with Gasteiger partial charge < -0.3 is 5.32 Å². The zero-order valence-electron chi connectivity index (χ0n) is 13.0. The van der Waals surface area contributed by atoms with Crippen LogP contribution in [-0.2, 0) is 6.54 Å². The van der Waals surface area contributed by atoms with E-state index < -0.39 is 0 Å². The molecule has 0 amide bonds. The van der Waals surface area contributed by atoms with E-state index >= 15 is 0 Å². The summed E-state index contributed by atoms with van der Waals surface area (Å²) in [6, 6.07) is 8.57. The smallest absolute Gasteiger partial charge is 0.151 e. The zero-order valence-corrected chi connectivity index (χ0v) is 13.0. The van der Waals surface area contributed by atoms with Gasteiger partial charge in [0.15, 0.2) is 5.82 Å². The molecular weight excluding hydrogens is 305 g/mol. The molecule has 1 N–H and O–H groups in total. The number of halogens is 1. The number of aromatic nitrogens is 3. The van der Waals surface area contributed by atoms with E-state index in [1.807, 2.05) is 19.1 Å². The molecule has 4 heterocycles. The number of hydrogen-bond donors (Lipinski definition) is 1. The second kappa shape index (κ2) is 5.81. The van der Waals surface area contributed by atoms with Crippen LogP contribution >= 0.6 is 0 Å². The summed E-state index contributed by atoms with van der Waals surface area (Å²) in [7, 11) is 0. The van der Waals surface area contributed by atoms with Crippen molar-refractivity contribution in [2.75, 3.05) is 5.32 Å². The summed E-state index contributed by atoms with van der Waals surface area (Å²) in [5, 5.41) is 3.34. The van der Waals surface area contributed by atoms with Gasteiger partial charge in [0.25, 0.3) is 0 Å². The third-order valence-corrected chi connectivity index (χ3v) is 3.82. The molecule has 4 rings (SSSR count). The van der Waals surface area contributed by atoms with Gasteiger partial charge in [-0.2, -0.15) is 0 Å². The van der Waals surface area contributed by atoms with Crippen LogP contribution in [0, 0.1) is 12.7 Å². The predicted molar refractivity (Wildman–Crippen MR) is 91.0 cm³/mol. The molecule has 5 nitrogen and oxygen atoms in total.